The number of amides is 2. The van der Waals surface area contributed by atoms with Crippen LogP contribution in [-0.4, -0.2) is 52.8 Å². The Morgan fingerprint density at radius 3 is 2.24 bits per heavy atom. The molecule has 1 aliphatic heterocycles. The highest BCUT2D eigenvalue weighted by molar-refractivity contribution is 6.00. The zero-order chi connectivity index (χ0) is 27.4. The van der Waals surface area contributed by atoms with Gasteiger partial charge >= 0.3 is 0 Å². The Hall–Kier alpha value is -3.65. The van der Waals surface area contributed by atoms with Crippen molar-refractivity contribution in [3.05, 3.63) is 83.6 Å². The van der Waals surface area contributed by atoms with Gasteiger partial charge in [0.15, 0.2) is 0 Å². The van der Waals surface area contributed by atoms with Crippen LogP contribution in [0.5, 0.6) is 0 Å². The zero-order valence-electron chi connectivity index (χ0n) is 22.6. The highest BCUT2D eigenvalue weighted by atomic mass is 19.1. The number of carbonyl (C=O) groups is 2. The maximum atomic E-state index is 15.4. The molecular weight excluding hydrogens is 483 g/mol. The van der Waals surface area contributed by atoms with Crippen LogP contribution >= 0.6 is 0 Å². The van der Waals surface area contributed by atoms with Crippen LogP contribution in [0.15, 0.2) is 65.5 Å². The fourth-order valence-corrected chi connectivity index (χ4v) is 5.44. The van der Waals surface area contributed by atoms with E-state index in [-0.39, 0.29) is 35.3 Å². The summed E-state index contributed by atoms with van der Waals surface area (Å²) in [7, 11) is 0. The Bertz CT molecular complexity index is 1220. The summed E-state index contributed by atoms with van der Waals surface area (Å²) in [6, 6.07) is 13.6. The second-order valence-electron chi connectivity index (χ2n) is 10.5. The van der Waals surface area contributed by atoms with E-state index in [4.69, 9.17) is 10.2 Å². The van der Waals surface area contributed by atoms with E-state index in [2.05, 4.69) is 4.90 Å². The maximum Gasteiger partial charge on any atom is 0.254 e. The standard InChI is InChI=1S/C30H37FN4O3/c1-20(2)34(21(3)4)30(37)23-8-10-24(11-9-23)35(28-26(29(32)36)6-5-7-27(28)31)25-12-15-33(16-13-25)18-22-14-17-38-19-22/h5-11,14,17,19-21,25H,12-13,15-16,18H2,1-4H3,(H2,32,36). The second-order valence-corrected chi connectivity index (χ2v) is 10.5. The largest absolute Gasteiger partial charge is 0.472 e. The molecule has 0 unspecified atom stereocenters. The molecule has 7 nitrogen and oxygen atoms in total. The Labute approximate surface area is 224 Å². The number of nitrogens with zero attached hydrogens (tertiary/aromatic N) is 3. The van der Waals surface area contributed by atoms with Gasteiger partial charge in [0.05, 0.1) is 23.8 Å². The quantitative estimate of drug-likeness (QED) is 0.398. The van der Waals surface area contributed by atoms with Crippen molar-refractivity contribution in [2.45, 2.75) is 65.2 Å². The molecule has 1 fully saturated rings. The van der Waals surface area contributed by atoms with Crippen LogP contribution in [-0.2, 0) is 6.54 Å². The molecule has 38 heavy (non-hydrogen) atoms. The third-order valence-electron chi connectivity index (χ3n) is 7.14. The molecule has 4 rings (SSSR count). The van der Waals surface area contributed by atoms with Crippen molar-refractivity contribution in [2.24, 2.45) is 5.73 Å². The number of halogens is 1. The van der Waals surface area contributed by atoms with Crippen LogP contribution in [0.25, 0.3) is 0 Å². The summed E-state index contributed by atoms with van der Waals surface area (Å²) >= 11 is 0. The molecule has 0 radical (unpaired) electrons. The number of benzene rings is 2. The average Bonchev–Trinajstić information content (AvgIpc) is 3.39. The molecule has 0 aliphatic carbocycles. The van der Waals surface area contributed by atoms with Crippen LogP contribution in [0, 0.1) is 5.82 Å². The van der Waals surface area contributed by atoms with Crippen molar-refractivity contribution < 1.29 is 18.4 Å². The molecule has 2 aromatic carbocycles. The fraction of sp³-hybridized carbons (Fsp3) is 0.400. The van der Waals surface area contributed by atoms with Crippen LogP contribution < -0.4 is 10.6 Å². The van der Waals surface area contributed by atoms with Crippen LogP contribution in [0.2, 0.25) is 0 Å². The van der Waals surface area contributed by atoms with Crippen molar-refractivity contribution in [3.8, 4) is 0 Å². The fourth-order valence-electron chi connectivity index (χ4n) is 5.44. The molecule has 3 aromatic rings. The first-order chi connectivity index (χ1) is 18.2. The Morgan fingerprint density at radius 2 is 1.68 bits per heavy atom. The van der Waals surface area contributed by atoms with Crippen LogP contribution in [0.3, 0.4) is 0 Å². The number of piperidine rings is 1. The number of likely N-dealkylation sites (tertiary alicyclic amines) is 1. The minimum absolute atomic E-state index is 0.0515. The monoisotopic (exact) mass is 520 g/mol. The van der Waals surface area contributed by atoms with Gasteiger partial charge in [-0.25, -0.2) is 4.39 Å². The van der Waals surface area contributed by atoms with E-state index >= 15 is 4.39 Å². The third-order valence-corrected chi connectivity index (χ3v) is 7.14. The molecule has 0 spiro atoms. The predicted octanol–water partition coefficient (Wildman–Crippen LogP) is 5.58. The van der Waals surface area contributed by atoms with Gasteiger partial charge in [-0.15, -0.1) is 0 Å². The SMILES string of the molecule is CC(C)N(C(=O)c1ccc(N(c2c(F)cccc2C(N)=O)C2CCN(Cc3ccoc3)CC2)cc1)C(C)C. The van der Waals surface area contributed by atoms with Gasteiger partial charge < -0.3 is 20.0 Å². The lowest BCUT2D eigenvalue weighted by atomic mass is 9.98. The van der Waals surface area contributed by atoms with E-state index in [0.717, 1.165) is 38.0 Å². The van der Waals surface area contributed by atoms with Gasteiger partial charge in [-0.1, -0.05) is 6.07 Å². The molecule has 202 valence electrons. The van der Waals surface area contributed by atoms with E-state index in [1.807, 2.05) is 55.7 Å². The smallest absolute Gasteiger partial charge is 0.254 e. The molecule has 1 aliphatic rings. The summed E-state index contributed by atoms with van der Waals surface area (Å²) in [6.07, 6.45) is 4.95. The number of nitrogens with two attached hydrogens (primary N) is 1. The number of para-hydroxylation sites is 1. The minimum Gasteiger partial charge on any atom is -0.472 e. The van der Waals surface area contributed by atoms with Crippen molar-refractivity contribution >= 4 is 23.2 Å². The first-order valence-electron chi connectivity index (χ1n) is 13.2. The number of furan rings is 1. The average molecular weight is 521 g/mol. The molecule has 2 N–H and O–H groups in total. The molecular formula is C30H37FN4O3. The summed E-state index contributed by atoms with van der Waals surface area (Å²) < 4.78 is 20.6. The lowest BCUT2D eigenvalue weighted by Gasteiger charge is -2.40. The van der Waals surface area contributed by atoms with E-state index in [1.165, 1.54) is 12.1 Å². The number of anilines is 2. The van der Waals surface area contributed by atoms with Crippen molar-refractivity contribution in [3.63, 3.8) is 0 Å². The molecule has 2 heterocycles. The first kappa shape index (κ1) is 27.4. The third kappa shape index (κ3) is 5.91. The zero-order valence-corrected chi connectivity index (χ0v) is 22.6. The van der Waals surface area contributed by atoms with Gasteiger partial charge in [-0.2, -0.15) is 0 Å². The molecule has 0 bridgehead atoms. The normalized spacial score (nSPS) is 14.7. The highest BCUT2D eigenvalue weighted by Crippen LogP contribution is 2.37. The molecule has 0 saturated carbocycles. The predicted molar refractivity (Wildman–Crippen MR) is 147 cm³/mol. The minimum atomic E-state index is -0.682. The summed E-state index contributed by atoms with van der Waals surface area (Å²) in [4.78, 5) is 31.6. The Morgan fingerprint density at radius 1 is 1.03 bits per heavy atom. The van der Waals surface area contributed by atoms with Gasteiger partial charge in [-0.3, -0.25) is 14.5 Å². The summed E-state index contributed by atoms with van der Waals surface area (Å²) in [5.74, 6) is -1.24. The number of primary amides is 1. The number of carbonyl (C=O) groups excluding carboxylic acids is 2. The highest BCUT2D eigenvalue weighted by Gasteiger charge is 2.31. The van der Waals surface area contributed by atoms with Gasteiger partial charge in [0.2, 0.25) is 0 Å². The number of rotatable bonds is 9. The topological polar surface area (TPSA) is 83.0 Å². The first-order valence-corrected chi connectivity index (χ1v) is 13.2. The van der Waals surface area contributed by atoms with Crippen LogP contribution in [0.4, 0.5) is 15.8 Å². The molecule has 1 aromatic heterocycles. The van der Waals surface area contributed by atoms with Crippen molar-refractivity contribution in [2.75, 3.05) is 18.0 Å². The van der Waals surface area contributed by atoms with Gasteiger partial charge in [-0.05, 0) is 83.0 Å². The van der Waals surface area contributed by atoms with Gasteiger partial charge in [0, 0.05) is 54.6 Å². The molecule has 8 heteroatoms. The molecule has 0 atom stereocenters. The van der Waals surface area contributed by atoms with E-state index in [0.29, 0.717) is 11.3 Å². The lowest BCUT2D eigenvalue weighted by Crippen LogP contribution is -2.43. The van der Waals surface area contributed by atoms with Gasteiger partial charge in [0.25, 0.3) is 11.8 Å². The van der Waals surface area contributed by atoms with Gasteiger partial charge in [0.1, 0.15) is 5.82 Å². The number of hydrogen-bond donors (Lipinski definition) is 1. The lowest BCUT2D eigenvalue weighted by molar-refractivity contribution is 0.0643. The van der Waals surface area contributed by atoms with E-state index in [1.54, 1.807) is 30.7 Å². The summed E-state index contributed by atoms with van der Waals surface area (Å²) in [5, 5.41) is 0. The van der Waals surface area contributed by atoms with Crippen LogP contribution in [0.1, 0.15) is 66.8 Å². The summed E-state index contributed by atoms with van der Waals surface area (Å²) in [6.45, 7) is 10.4. The Balaban J connectivity index is 1.66. The van der Waals surface area contributed by atoms with E-state index in [9.17, 15) is 9.59 Å². The summed E-state index contributed by atoms with van der Waals surface area (Å²) in [5.41, 5.74) is 8.38. The molecule has 2 amide bonds. The Kier molecular flexibility index (Phi) is 8.52. The number of hydrogen-bond acceptors (Lipinski definition) is 5. The maximum absolute atomic E-state index is 15.4. The molecule has 1 saturated heterocycles. The van der Waals surface area contributed by atoms with Crippen molar-refractivity contribution in [1.82, 2.24) is 9.80 Å². The second kappa shape index (κ2) is 11.8. The van der Waals surface area contributed by atoms with Crippen molar-refractivity contribution in [1.29, 1.82) is 0 Å². The van der Waals surface area contributed by atoms with E-state index < -0.39 is 11.7 Å².